The number of nitrogens with one attached hydrogen (secondary N) is 1. The van der Waals surface area contributed by atoms with Crippen LogP contribution in [0, 0.1) is 18.7 Å². The topological polar surface area (TPSA) is 78.4 Å². The van der Waals surface area contributed by atoms with Crippen LogP contribution in [0.1, 0.15) is 17.7 Å². The highest BCUT2D eigenvalue weighted by atomic mass is 35.5. The summed E-state index contributed by atoms with van der Waals surface area (Å²) in [4.78, 5) is 37.2. The lowest BCUT2D eigenvalue weighted by Gasteiger charge is -2.29. The minimum absolute atomic E-state index is 0.0275. The summed E-state index contributed by atoms with van der Waals surface area (Å²) in [5.74, 6) is -2.35. The molecule has 0 aliphatic carbocycles. The summed E-state index contributed by atoms with van der Waals surface area (Å²) in [7, 11) is 1.44. The van der Waals surface area contributed by atoms with E-state index < -0.39 is 41.3 Å². The molecule has 0 spiro atoms. The molecule has 4 rings (SSSR count). The Bertz CT molecular complexity index is 1290. The zero-order chi connectivity index (χ0) is 26.2. The molecule has 1 aliphatic heterocycles. The number of nitrogens with zero attached hydrogens (tertiary/aromatic N) is 4. The third-order valence-corrected chi connectivity index (χ3v) is 6.80. The van der Waals surface area contributed by atoms with E-state index >= 15 is 0 Å². The molecule has 2 atom stereocenters. The molecule has 1 fully saturated rings. The minimum atomic E-state index is -4.62. The predicted octanol–water partition coefficient (Wildman–Crippen LogP) is 5.15. The molecule has 1 aliphatic rings. The van der Waals surface area contributed by atoms with E-state index in [1.54, 1.807) is 5.51 Å². The smallest absolute Gasteiger partial charge is 0.344 e. The molecule has 3 aromatic rings. The molecule has 0 saturated carbocycles. The van der Waals surface area contributed by atoms with Crippen molar-refractivity contribution in [2.24, 2.45) is 5.92 Å². The van der Waals surface area contributed by atoms with Crippen LogP contribution in [-0.2, 0) is 15.8 Å². The summed E-state index contributed by atoms with van der Waals surface area (Å²) in [6.07, 6.45) is -3.12. The van der Waals surface area contributed by atoms with Crippen LogP contribution in [0.5, 0.6) is 0 Å². The molecule has 190 valence electrons. The van der Waals surface area contributed by atoms with Crippen molar-refractivity contribution in [3.8, 4) is 0 Å². The number of rotatable bonds is 5. The molecule has 1 aromatic carbocycles. The normalized spacial score (nSPS) is 17.8. The number of anilines is 3. The quantitative estimate of drug-likeness (QED) is 0.452. The Morgan fingerprint density at radius 1 is 1.25 bits per heavy atom. The van der Waals surface area contributed by atoms with Gasteiger partial charge in [0.05, 0.1) is 28.2 Å². The van der Waals surface area contributed by atoms with Gasteiger partial charge in [-0.2, -0.15) is 13.2 Å². The van der Waals surface area contributed by atoms with Crippen LogP contribution in [0.4, 0.5) is 34.1 Å². The highest BCUT2D eigenvalue weighted by molar-refractivity contribution is 7.13. The number of halogens is 5. The summed E-state index contributed by atoms with van der Waals surface area (Å²) >= 11 is 7.07. The number of hydrogen-bond acceptors (Lipinski definition) is 6. The zero-order valence-electron chi connectivity index (χ0n) is 19.0. The second-order valence-electron chi connectivity index (χ2n) is 8.30. The first-order valence-corrected chi connectivity index (χ1v) is 11.9. The maximum absolute atomic E-state index is 13.6. The fourth-order valence-corrected chi connectivity index (χ4v) is 4.71. The number of likely N-dealkylation sites (N-methyl/N-ethyl adjacent to an activating group) is 1. The third-order valence-electron chi connectivity index (χ3n) is 5.82. The molecule has 3 heterocycles. The SMILES string of the molecule is Cc1cc(C(F)(F)F)cc(N2C[C@@H](C(=O)Nc3cncs3)C[C@H]2C(=O)N(C)c2ccc(F)c(Cl)c2)n1. The first-order valence-electron chi connectivity index (χ1n) is 10.7. The van der Waals surface area contributed by atoms with Gasteiger partial charge in [0.1, 0.15) is 22.7 Å². The summed E-state index contributed by atoms with van der Waals surface area (Å²) < 4.78 is 54.1. The van der Waals surface area contributed by atoms with Gasteiger partial charge in [0.25, 0.3) is 0 Å². The molecule has 36 heavy (non-hydrogen) atoms. The Morgan fingerprint density at radius 2 is 2.00 bits per heavy atom. The monoisotopic (exact) mass is 541 g/mol. The molecule has 0 bridgehead atoms. The van der Waals surface area contributed by atoms with Crippen LogP contribution in [0.15, 0.2) is 42.0 Å². The van der Waals surface area contributed by atoms with Gasteiger partial charge in [0.2, 0.25) is 11.8 Å². The molecule has 13 heteroatoms. The summed E-state index contributed by atoms with van der Waals surface area (Å²) in [6.45, 7) is 1.39. The second kappa shape index (κ2) is 10.0. The minimum Gasteiger partial charge on any atom is -0.344 e. The Balaban J connectivity index is 1.68. The Labute approximate surface area is 212 Å². The van der Waals surface area contributed by atoms with Crippen LogP contribution in [0.25, 0.3) is 0 Å². The fourth-order valence-electron chi connectivity index (χ4n) is 4.02. The molecular weight excluding hydrogens is 522 g/mol. The Hall–Kier alpha value is -3.25. The maximum Gasteiger partial charge on any atom is 0.416 e. The molecule has 0 unspecified atom stereocenters. The van der Waals surface area contributed by atoms with E-state index in [0.29, 0.717) is 5.00 Å². The van der Waals surface area contributed by atoms with E-state index in [9.17, 15) is 27.2 Å². The van der Waals surface area contributed by atoms with Gasteiger partial charge < -0.3 is 15.1 Å². The third kappa shape index (κ3) is 5.44. The summed E-state index contributed by atoms with van der Waals surface area (Å²) in [5, 5.41) is 3.04. The van der Waals surface area contributed by atoms with Crippen molar-refractivity contribution in [2.45, 2.75) is 25.6 Å². The number of carbonyl (C=O) groups excluding carboxylic acids is 2. The van der Waals surface area contributed by atoms with Crippen LogP contribution in [0.3, 0.4) is 0 Å². The van der Waals surface area contributed by atoms with E-state index in [1.807, 2.05) is 0 Å². The van der Waals surface area contributed by atoms with Gasteiger partial charge in [-0.3, -0.25) is 14.6 Å². The van der Waals surface area contributed by atoms with Crippen LogP contribution in [0.2, 0.25) is 5.02 Å². The predicted molar refractivity (Wildman–Crippen MR) is 129 cm³/mol. The van der Waals surface area contributed by atoms with Gasteiger partial charge >= 0.3 is 6.18 Å². The van der Waals surface area contributed by atoms with Crippen LogP contribution in [-0.4, -0.2) is 41.4 Å². The lowest BCUT2D eigenvalue weighted by molar-refractivity contribution is -0.137. The molecule has 0 radical (unpaired) electrons. The Kier molecular flexibility index (Phi) is 7.19. The zero-order valence-corrected chi connectivity index (χ0v) is 20.6. The summed E-state index contributed by atoms with van der Waals surface area (Å²) in [5.41, 5.74) is 1.04. The van der Waals surface area contributed by atoms with Gasteiger partial charge in [-0.1, -0.05) is 11.6 Å². The highest BCUT2D eigenvalue weighted by Gasteiger charge is 2.43. The van der Waals surface area contributed by atoms with Crippen molar-refractivity contribution in [3.05, 3.63) is 64.1 Å². The van der Waals surface area contributed by atoms with E-state index in [0.717, 1.165) is 18.2 Å². The van der Waals surface area contributed by atoms with E-state index in [-0.39, 0.29) is 35.2 Å². The van der Waals surface area contributed by atoms with Crippen LogP contribution >= 0.6 is 22.9 Å². The van der Waals surface area contributed by atoms with Gasteiger partial charge in [-0.15, -0.1) is 11.3 Å². The van der Waals surface area contributed by atoms with Gasteiger partial charge in [-0.05, 0) is 43.7 Å². The molecule has 1 saturated heterocycles. The number of hydrogen-bond donors (Lipinski definition) is 1. The first-order chi connectivity index (χ1) is 16.9. The highest BCUT2D eigenvalue weighted by Crippen LogP contribution is 2.36. The van der Waals surface area contributed by atoms with Gasteiger partial charge in [0, 0.05) is 25.0 Å². The first kappa shape index (κ1) is 25.8. The molecule has 2 amide bonds. The number of aryl methyl sites for hydroxylation is 1. The second-order valence-corrected chi connectivity index (χ2v) is 9.60. The van der Waals surface area contributed by atoms with E-state index in [1.165, 1.54) is 53.4 Å². The average Bonchev–Trinajstić information content (AvgIpc) is 3.49. The average molecular weight is 542 g/mol. The fraction of sp³-hybridized carbons (Fsp3) is 0.304. The molecule has 7 nitrogen and oxygen atoms in total. The largest absolute Gasteiger partial charge is 0.416 e. The number of benzene rings is 1. The summed E-state index contributed by atoms with van der Waals surface area (Å²) in [6, 6.07) is 4.51. The number of aromatic nitrogens is 2. The lowest BCUT2D eigenvalue weighted by Crippen LogP contribution is -2.44. The Morgan fingerprint density at radius 3 is 2.64 bits per heavy atom. The number of pyridine rings is 1. The van der Waals surface area contributed by atoms with E-state index in [2.05, 4.69) is 15.3 Å². The van der Waals surface area contributed by atoms with Crippen molar-refractivity contribution in [1.29, 1.82) is 0 Å². The van der Waals surface area contributed by atoms with Crippen molar-refractivity contribution >= 4 is 51.3 Å². The molecule has 1 N–H and O–H groups in total. The molecule has 2 aromatic heterocycles. The number of alkyl halides is 3. The standard InChI is InChI=1S/C23H20ClF4N5O2S/c1-12-5-14(23(26,27)28)7-19(30-12)33-10-13(21(34)31-20-9-29-11-36-20)6-18(33)22(35)32(2)15-3-4-17(25)16(24)8-15/h3-5,7-9,11,13,18H,6,10H2,1-2H3,(H,31,34)/t13-,18-/m0/s1. The molecular formula is C23H20ClF4N5O2S. The van der Waals surface area contributed by atoms with Gasteiger partial charge in [0.15, 0.2) is 0 Å². The number of amides is 2. The van der Waals surface area contributed by atoms with Gasteiger partial charge in [-0.25, -0.2) is 9.37 Å². The maximum atomic E-state index is 13.6. The van der Waals surface area contributed by atoms with Crippen molar-refractivity contribution in [2.75, 3.05) is 28.7 Å². The van der Waals surface area contributed by atoms with Crippen molar-refractivity contribution in [3.63, 3.8) is 0 Å². The van der Waals surface area contributed by atoms with E-state index in [4.69, 9.17) is 11.6 Å². The lowest BCUT2D eigenvalue weighted by atomic mass is 10.0. The van der Waals surface area contributed by atoms with Crippen molar-refractivity contribution < 1.29 is 27.2 Å². The number of carbonyl (C=O) groups is 2. The number of thiazole rings is 1. The van der Waals surface area contributed by atoms with Crippen molar-refractivity contribution in [1.82, 2.24) is 9.97 Å². The van der Waals surface area contributed by atoms with Crippen LogP contribution < -0.4 is 15.1 Å².